The first-order valence-corrected chi connectivity index (χ1v) is 11.9. The molecule has 2 aromatic carbocycles. The lowest BCUT2D eigenvalue weighted by Crippen LogP contribution is -2.45. The van der Waals surface area contributed by atoms with Crippen LogP contribution in [0.15, 0.2) is 48.5 Å². The molecule has 1 aromatic heterocycles. The van der Waals surface area contributed by atoms with Crippen LogP contribution in [-0.4, -0.2) is 65.4 Å². The van der Waals surface area contributed by atoms with E-state index in [0.29, 0.717) is 30.2 Å². The molecule has 2 aliphatic heterocycles. The summed E-state index contributed by atoms with van der Waals surface area (Å²) in [5.74, 6) is 0.401. The third-order valence-corrected chi connectivity index (χ3v) is 6.57. The van der Waals surface area contributed by atoms with Gasteiger partial charge in [0.2, 0.25) is 11.8 Å². The number of aromatic nitrogens is 2. The summed E-state index contributed by atoms with van der Waals surface area (Å²) < 4.78 is 58.3. The molecule has 11 heteroatoms. The standard InChI is InChI=1S/C26H25F4N5O2/c1-33-12-14-34(15-13-33)25-31-22-10-11-35(24(36)17-2-4-18(5-3-17)26(28,29)30)16-21(22)23(32-25)37-20-8-6-19(27)7-9-20/h2-9H,10-16H2,1H3. The molecule has 194 valence electrons. The van der Waals surface area contributed by atoms with Gasteiger partial charge in [0.05, 0.1) is 23.4 Å². The van der Waals surface area contributed by atoms with Crippen molar-refractivity contribution < 1.29 is 27.1 Å². The molecule has 0 aliphatic carbocycles. The molecule has 0 spiro atoms. The van der Waals surface area contributed by atoms with Crippen molar-refractivity contribution in [3.63, 3.8) is 0 Å². The predicted octanol–water partition coefficient (Wildman–Crippen LogP) is 4.38. The number of alkyl halides is 3. The summed E-state index contributed by atoms with van der Waals surface area (Å²) >= 11 is 0. The molecule has 7 nitrogen and oxygen atoms in total. The maximum Gasteiger partial charge on any atom is 0.416 e. The molecule has 3 aromatic rings. The summed E-state index contributed by atoms with van der Waals surface area (Å²) in [6, 6.07) is 9.72. The van der Waals surface area contributed by atoms with Crippen LogP contribution in [0.4, 0.5) is 23.5 Å². The van der Waals surface area contributed by atoms with Crippen molar-refractivity contribution in [2.75, 3.05) is 44.7 Å². The second kappa shape index (κ2) is 9.97. The fourth-order valence-electron chi connectivity index (χ4n) is 4.38. The van der Waals surface area contributed by atoms with E-state index in [1.54, 1.807) is 4.90 Å². The summed E-state index contributed by atoms with van der Waals surface area (Å²) in [5, 5.41) is 0. The number of piperazine rings is 1. The molecule has 0 atom stereocenters. The van der Waals surface area contributed by atoms with Gasteiger partial charge in [-0.3, -0.25) is 4.79 Å². The first kappa shape index (κ1) is 24.9. The number of carbonyl (C=O) groups is 1. The Kier molecular flexibility index (Phi) is 6.72. The number of fused-ring (bicyclic) bond motifs is 1. The number of carbonyl (C=O) groups excluding carboxylic acids is 1. The van der Waals surface area contributed by atoms with Crippen LogP contribution in [0.3, 0.4) is 0 Å². The van der Waals surface area contributed by atoms with E-state index in [4.69, 9.17) is 9.72 Å². The van der Waals surface area contributed by atoms with Gasteiger partial charge in [-0.1, -0.05) is 0 Å². The minimum absolute atomic E-state index is 0.134. The van der Waals surface area contributed by atoms with E-state index >= 15 is 0 Å². The number of benzene rings is 2. The third-order valence-electron chi connectivity index (χ3n) is 6.57. The number of halogens is 4. The highest BCUT2D eigenvalue weighted by Gasteiger charge is 2.32. The second-order valence-corrected chi connectivity index (χ2v) is 9.15. The van der Waals surface area contributed by atoms with Crippen molar-refractivity contribution in [1.82, 2.24) is 19.8 Å². The first-order chi connectivity index (χ1) is 17.7. The second-order valence-electron chi connectivity index (χ2n) is 9.15. The Morgan fingerprint density at radius 1 is 0.919 bits per heavy atom. The normalized spacial score (nSPS) is 16.5. The highest BCUT2D eigenvalue weighted by atomic mass is 19.4. The number of likely N-dealkylation sites (N-methyl/N-ethyl adjacent to an activating group) is 1. The minimum atomic E-state index is -4.48. The van der Waals surface area contributed by atoms with E-state index in [1.807, 2.05) is 0 Å². The van der Waals surface area contributed by atoms with Gasteiger partial charge in [0.15, 0.2) is 0 Å². The van der Waals surface area contributed by atoms with Crippen molar-refractivity contribution in [3.05, 3.63) is 76.7 Å². The number of rotatable bonds is 4. The van der Waals surface area contributed by atoms with E-state index in [1.165, 1.54) is 36.4 Å². The van der Waals surface area contributed by atoms with Gasteiger partial charge >= 0.3 is 6.18 Å². The summed E-state index contributed by atoms with van der Waals surface area (Å²) in [7, 11) is 2.05. The lowest BCUT2D eigenvalue weighted by molar-refractivity contribution is -0.137. The Morgan fingerprint density at radius 3 is 2.24 bits per heavy atom. The zero-order chi connectivity index (χ0) is 26.2. The Morgan fingerprint density at radius 2 is 1.59 bits per heavy atom. The number of amides is 1. The van der Waals surface area contributed by atoms with Gasteiger partial charge in [-0.25, -0.2) is 9.37 Å². The number of nitrogens with zero attached hydrogens (tertiary/aromatic N) is 5. The number of hydrogen-bond donors (Lipinski definition) is 0. The molecule has 0 N–H and O–H groups in total. The molecular formula is C26H25F4N5O2. The topological polar surface area (TPSA) is 61.8 Å². The van der Waals surface area contributed by atoms with Gasteiger partial charge in [0, 0.05) is 44.7 Å². The molecule has 1 saturated heterocycles. The predicted molar refractivity (Wildman–Crippen MR) is 128 cm³/mol. The maximum atomic E-state index is 13.4. The number of ether oxygens (including phenoxy) is 1. The quantitative estimate of drug-likeness (QED) is 0.481. The summed E-state index contributed by atoms with van der Waals surface area (Å²) in [6.45, 7) is 3.72. The summed E-state index contributed by atoms with van der Waals surface area (Å²) in [6.07, 6.45) is -4.04. The molecule has 1 amide bonds. The summed E-state index contributed by atoms with van der Waals surface area (Å²) in [4.78, 5) is 28.4. The fraction of sp³-hybridized carbons (Fsp3) is 0.346. The van der Waals surface area contributed by atoms with Crippen molar-refractivity contribution in [2.24, 2.45) is 0 Å². The molecule has 0 unspecified atom stereocenters. The molecule has 37 heavy (non-hydrogen) atoms. The van der Waals surface area contributed by atoms with Gasteiger partial charge in [0.25, 0.3) is 5.91 Å². The van der Waals surface area contributed by atoms with Crippen LogP contribution in [0.2, 0.25) is 0 Å². The van der Waals surface area contributed by atoms with E-state index in [2.05, 4.69) is 21.8 Å². The lowest BCUT2D eigenvalue weighted by atomic mass is 10.0. The Bertz CT molecular complexity index is 1270. The van der Waals surface area contributed by atoms with Gasteiger partial charge in [-0.2, -0.15) is 18.2 Å². The van der Waals surface area contributed by atoms with Crippen LogP contribution < -0.4 is 9.64 Å². The molecule has 5 rings (SSSR count). The van der Waals surface area contributed by atoms with E-state index in [-0.39, 0.29) is 18.0 Å². The molecular weight excluding hydrogens is 490 g/mol. The monoisotopic (exact) mass is 515 g/mol. The van der Waals surface area contributed by atoms with Gasteiger partial charge in [-0.15, -0.1) is 0 Å². The molecule has 0 bridgehead atoms. The van der Waals surface area contributed by atoms with Gasteiger partial charge < -0.3 is 19.4 Å². The van der Waals surface area contributed by atoms with Crippen LogP contribution >= 0.6 is 0 Å². The summed E-state index contributed by atoms with van der Waals surface area (Å²) in [5.41, 5.74) is 0.714. The van der Waals surface area contributed by atoms with Crippen LogP contribution in [0.5, 0.6) is 11.6 Å². The van der Waals surface area contributed by atoms with Crippen molar-refractivity contribution in [1.29, 1.82) is 0 Å². The van der Waals surface area contributed by atoms with Crippen LogP contribution in [0, 0.1) is 5.82 Å². The molecule has 1 fully saturated rings. The fourth-order valence-corrected chi connectivity index (χ4v) is 4.38. The highest BCUT2D eigenvalue weighted by Crippen LogP contribution is 2.33. The Labute approximate surface area is 211 Å². The number of hydrogen-bond acceptors (Lipinski definition) is 6. The maximum absolute atomic E-state index is 13.4. The van der Waals surface area contributed by atoms with Gasteiger partial charge in [-0.05, 0) is 55.6 Å². The molecule has 3 heterocycles. The Hall–Kier alpha value is -3.73. The number of anilines is 1. The Balaban J connectivity index is 1.43. The van der Waals surface area contributed by atoms with Crippen molar-refractivity contribution in [3.8, 4) is 11.6 Å². The van der Waals surface area contributed by atoms with Crippen LogP contribution in [-0.2, 0) is 19.1 Å². The highest BCUT2D eigenvalue weighted by molar-refractivity contribution is 5.94. The molecule has 2 aliphatic rings. The van der Waals surface area contributed by atoms with Gasteiger partial charge in [0.1, 0.15) is 11.6 Å². The first-order valence-electron chi connectivity index (χ1n) is 11.9. The SMILES string of the molecule is CN1CCN(c2nc3c(c(Oc4ccc(F)cc4)n2)CN(C(=O)c2ccc(C(F)(F)F)cc2)CC3)CC1. The van der Waals surface area contributed by atoms with Crippen LogP contribution in [0.1, 0.15) is 27.2 Å². The molecule has 0 saturated carbocycles. The molecule has 0 radical (unpaired) electrons. The lowest BCUT2D eigenvalue weighted by Gasteiger charge is -2.34. The minimum Gasteiger partial charge on any atom is -0.438 e. The largest absolute Gasteiger partial charge is 0.438 e. The van der Waals surface area contributed by atoms with Crippen molar-refractivity contribution in [2.45, 2.75) is 19.1 Å². The zero-order valence-electron chi connectivity index (χ0n) is 20.1. The third kappa shape index (κ3) is 5.51. The van der Waals surface area contributed by atoms with E-state index in [0.717, 1.165) is 44.0 Å². The average molecular weight is 516 g/mol. The van der Waals surface area contributed by atoms with Crippen LogP contribution in [0.25, 0.3) is 0 Å². The average Bonchev–Trinajstić information content (AvgIpc) is 2.89. The van der Waals surface area contributed by atoms with E-state index in [9.17, 15) is 22.4 Å². The smallest absolute Gasteiger partial charge is 0.416 e. The van der Waals surface area contributed by atoms with E-state index < -0.39 is 23.5 Å². The van der Waals surface area contributed by atoms with Crippen molar-refractivity contribution >= 4 is 11.9 Å². The zero-order valence-corrected chi connectivity index (χ0v) is 20.1.